The lowest BCUT2D eigenvalue weighted by Crippen LogP contribution is -2.30. The predicted molar refractivity (Wildman–Crippen MR) is 166 cm³/mol. The van der Waals surface area contributed by atoms with Gasteiger partial charge in [-0.25, -0.2) is 4.98 Å². The van der Waals surface area contributed by atoms with Crippen LogP contribution in [0.25, 0.3) is 22.2 Å². The van der Waals surface area contributed by atoms with E-state index < -0.39 is 5.60 Å². The Hall–Kier alpha value is -3.22. The van der Waals surface area contributed by atoms with Crippen LogP contribution in [-0.4, -0.2) is 29.0 Å². The normalized spacial score (nSPS) is 12.2. The van der Waals surface area contributed by atoms with Gasteiger partial charge in [-0.15, -0.1) is 0 Å². The Morgan fingerprint density at radius 3 is 2.42 bits per heavy atom. The number of amides is 1. The summed E-state index contributed by atoms with van der Waals surface area (Å²) >= 11 is 10.1. The van der Waals surface area contributed by atoms with Crippen molar-refractivity contribution in [1.29, 1.82) is 0 Å². The second-order valence-corrected chi connectivity index (χ2v) is 12.2. The van der Waals surface area contributed by atoms with Crippen LogP contribution in [-0.2, 0) is 9.53 Å². The van der Waals surface area contributed by atoms with Crippen LogP contribution in [0, 0.1) is 6.92 Å². The average molecular weight is 622 g/mol. The van der Waals surface area contributed by atoms with Crippen molar-refractivity contribution in [2.75, 3.05) is 6.54 Å². The maximum atomic E-state index is 13.9. The fourth-order valence-corrected chi connectivity index (χ4v) is 5.51. The molecule has 40 heavy (non-hydrogen) atoms. The number of nitrogens with one attached hydrogen (secondary N) is 1. The summed E-state index contributed by atoms with van der Waals surface area (Å²) in [7, 11) is 0. The van der Waals surface area contributed by atoms with E-state index in [0.29, 0.717) is 36.4 Å². The number of rotatable bonds is 9. The molecule has 1 atom stereocenters. The van der Waals surface area contributed by atoms with E-state index in [1.807, 2.05) is 100 Å². The van der Waals surface area contributed by atoms with E-state index in [2.05, 4.69) is 21.2 Å². The molecule has 1 N–H and O–H groups in total. The zero-order chi connectivity index (χ0) is 28.9. The van der Waals surface area contributed by atoms with E-state index in [1.54, 1.807) is 0 Å². The number of carbonyl (C=O) groups is 2. The van der Waals surface area contributed by atoms with Gasteiger partial charge in [-0.2, -0.15) is 0 Å². The van der Waals surface area contributed by atoms with Gasteiger partial charge in [0.1, 0.15) is 5.60 Å². The molecule has 0 fully saturated rings. The largest absolute Gasteiger partial charge is 0.460 e. The molecule has 7 heteroatoms. The van der Waals surface area contributed by atoms with Gasteiger partial charge in [0.25, 0.3) is 5.91 Å². The average Bonchev–Trinajstić information content (AvgIpc) is 2.90. The van der Waals surface area contributed by atoms with Crippen molar-refractivity contribution in [2.45, 2.75) is 58.5 Å². The Morgan fingerprint density at radius 2 is 1.73 bits per heavy atom. The zero-order valence-electron chi connectivity index (χ0n) is 23.3. The molecule has 0 spiro atoms. The van der Waals surface area contributed by atoms with Crippen molar-refractivity contribution in [1.82, 2.24) is 10.3 Å². The molecule has 4 rings (SSSR count). The third-order valence-electron chi connectivity index (χ3n) is 6.67. The molecule has 3 aromatic carbocycles. The molecule has 1 unspecified atom stereocenters. The molecule has 0 aliphatic carbocycles. The number of carbonyl (C=O) groups excluding carboxylic acids is 2. The number of hydrogen-bond acceptors (Lipinski definition) is 4. The molecule has 1 aromatic heterocycles. The molecular formula is C33H34BrClN2O3. The number of hydrogen-bond donors (Lipinski definition) is 1. The molecule has 0 bridgehead atoms. The van der Waals surface area contributed by atoms with Crippen molar-refractivity contribution >= 4 is 50.3 Å². The van der Waals surface area contributed by atoms with Gasteiger partial charge >= 0.3 is 5.97 Å². The van der Waals surface area contributed by atoms with Crippen LogP contribution >= 0.6 is 27.5 Å². The van der Waals surface area contributed by atoms with Gasteiger partial charge in [0.2, 0.25) is 0 Å². The highest BCUT2D eigenvalue weighted by atomic mass is 79.9. The smallest absolute Gasteiger partial charge is 0.306 e. The monoisotopic (exact) mass is 620 g/mol. The highest BCUT2D eigenvalue weighted by Crippen LogP contribution is 2.32. The van der Waals surface area contributed by atoms with E-state index in [9.17, 15) is 9.59 Å². The maximum absolute atomic E-state index is 13.9. The predicted octanol–water partition coefficient (Wildman–Crippen LogP) is 8.65. The highest BCUT2D eigenvalue weighted by molar-refractivity contribution is 9.10. The summed E-state index contributed by atoms with van der Waals surface area (Å²) in [5, 5.41) is 4.59. The van der Waals surface area contributed by atoms with Crippen molar-refractivity contribution in [3.63, 3.8) is 0 Å². The van der Waals surface area contributed by atoms with E-state index >= 15 is 0 Å². The Bertz CT molecular complexity index is 1520. The minimum Gasteiger partial charge on any atom is -0.460 e. The van der Waals surface area contributed by atoms with E-state index in [1.165, 1.54) is 0 Å². The molecule has 1 amide bonds. The first-order valence-corrected chi connectivity index (χ1v) is 14.6. The number of fused-ring (bicyclic) bond motifs is 1. The van der Waals surface area contributed by atoms with E-state index in [0.717, 1.165) is 37.8 Å². The second-order valence-electron chi connectivity index (χ2n) is 10.9. The molecule has 1 heterocycles. The number of halogens is 2. The number of nitrogens with zero attached hydrogens (tertiary/aromatic N) is 1. The first kappa shape index (κ1) is 29.8. The molecule has 0 aliphatic heterocycles. The summed E-state index contributed by atoms with van der Waals surface area (Å²) < 4.78 is 6.35. The number of aromatic nitrogens is 1. The molecular weight excluding hydrogens is 588 g/mol. The number of pyridine rings is 1. The minimum absolute atomic E-state index is 0.0752. The Balaban J connectivity index is 1.61. The third-order valence-corrected chi connectivity index (χ3v) is 7.51. The summed E-state index contributed by atoms with van der Waals surface area (Å²) in [6.45, 7) is 7.89. The highest BCUT2D eigenvalue weighted by Gasteiger charge is 2.22. The topological polar surface area (TPSA) is 68.3 Å². The van der Waals surface area contributed by atoms with E-state index in [-0.39, 0.29) is 17.8 Å². The van der Waals surface area contributed by atoms with Gasteiger partial charge in [0.05, 0.1) is 16.8 Å². The Kier molecular flexibility index (Phi) is 9.64. The van der Waals surface area contributed by atoms with E-state index in [4.69, 9.17) is 21.3 Å². The number of ether oxygens (including phenoxy) is 1. The van der Waals surface area contributed by atoms with Crippen LogP contribution < -0.4 is 5.32 Å². The molecule has 4 aromatic rings. The van der Waals surface area contributed by atoms with Crippen LogP contribution in [0.15, 0.2) is 77.3 Å². The standard InChI is InChI=1S/C33H34BrClN2O3/c1-21-30(26-19-24(34)17-18-28(26)37-31(21)22-11-6-5-7-12-22)32(39)36-20-23(25-14-8-9-15-27(25)35)13-10-16-29(38)40-33(2,3)4/h5-9,11-12,14-15,17-19,23H,10,13,16,20H2,1-4H3,(H,36,39). The minimum atomic E-state index is -0.522. The van der Waals surface area contributed by atoms with Crippen LogP contribution in [0.1, 0.15) is 67.4 Å². The summed E-state index contributed by atoms with van der Waals surface area (Å²) in [4.78, 5) is 31.1. The number of esters is 1. The second kappa shape index (κ2) is 13.0. The summed E-state index contributed by atoms with van der Waals surface area (Å²) in [5.41, 5.74) is 4.31. The first-order valence-electron chi connectivity index (χ1n) is 13.4. The van der Waals surface area contributed by atoms with Gasteiger partial charge in [-0.1, -0.05) is 76.1 Å². The van der Waals surface area contributed by atoms with Gasteiger partial charge in [0, 0.05) is 39.3 Å². The third kappa shape index (κ3) is 7.49. The van der Waals surface area contributed by atoms with Crippen molar-refractivity contribution < 1.29 is 14.3 Å². The van der Waals surface area contributed by atoms with Crippen LogP contribution in [0.2, 0.25) is 5.02 Å². The van der Waals surface area contributed by atoms with Gasteiger partial charge in [0.15, 0.2) is 0 Å². The summed E-state index contributed by atoms with van der Waals surface area (Å²) in [6, 6.07) is 23.3. The molecule has 208 valence electrons. The van der Waals surface area contributed by atoms with Gasteiger partial charge in [-0.3, -0.25) is 9.59 Å². The first-order chi connectivity index (χ1) is 19.0. The lowest BCUT2D eigenvalue weighted by atomic mass is 9.92. The van der Waals surface area contributed by atoms with Crippen molar-refractivity contribution in [3.8, 4) is 11.3 Å². The van der Waals surface area contributed by atoms with Gasteiger partial charge < -0.3 is 10.1 Å². The Morgan fingerprint density at radius 1 is 1.02 bits per heavy atom. The fraction of sp³-hybridized carbons (Fsp3) is 0.303. The zero-order valence-corrected chi connectivity index (χ0v) is 25.6. The number of benzene rings is 3. The SMILES string of the molecule is Cc1c(-c2ccccc2)nc2ccc(Br)cc2c1C(=O)NCC(CCCC(=O)OC(C)(C)C)c1ccccc1Cl. The molecule has 0 saturated heterocycles. The lowest BCUT2D eigenvalue weighted by molar-refractivity contribution is -0.154. The molecule has 0 aliphatic rings. The van der Waals surface area contributed by atoms with Gasteiger partial charge in [-0.05, 0) is 75.9 Å². The van der Waals surface area contributed by atoms with Crippen LogP contribution in [0.3, 0.4) is 0 Å². The fourth-order valence-electron chi connectivity index (χ4n) is 4.86. The Labute approximate surface area is 249 Å². The summed E-state index contributed by atoms with van der Waals surface area (Å²) in [6.07, 6.45) is 1.58. The van der Waals surface area contributed by atoms with Crippen LogP contribution in [0.4, 0.5) is 0 Å². The quantitative estimate of drug-likeness (QED) is 0.190. The maximum Gasteiger partial charge on any atom is 0.306 e. The summed E-state index contributed by atoms with van der Waals surface area (Å²) in [5.74, 6) is -0.481. The molecule has 0 saturated carbocycles. The lowest BCUT2D eigenvalue weighted by Gasteiger charge is -2.22. The van der Waals surface area contributed by atoms with Crippen molar-refractivity contribution in [2.24, 2.45) is 0 Å². The van der Waals surface area contributed by atoms with Crippen LogP contribution in [0.5, 0.6) is 0 Å². The van der Waals surface area contributed by atoms with Crippen molar-refractivity contribution in [3.05, 3.63) is 99.0 Å². The molecule has 5 nitrogen and oxygen atoms in total. The molecule has 0 radical (unpaired) electrons.